The second-order valence-electron chi connectivity index (χ2n) is 7.32. The van der Waals surface area contributed by atoms with Crippen LogP contribution in [-0.4, -0.2) is 33.7 Å². The average Bonchev–Trinajstić information content (AvgIpc) is 2.78. The third kappa shape index (κ3) is 6.47. The topological polar surface area (TPSA) is 52.6 Å². The molecule has 1 aliphatic rings. The van der Waals surface area contributed by atoms with E-state index < -0.39 is 9.04 Å². The molecule has 0 aliphatic heterocycles. The lowest BCUT2D eigenvalue weighted by atomic mass is 9.79. The van der Waals surface area contributed by atoms with Crippen LogP contribution in [0.3, 0.4) is 0 Å². The quantitative estimate of drug-likeness (QED) is 0.279. The van der Waals surface area contributed by atoms with Gasteiger partial charge in [0.25, 0.3) is 0 Å². The minimum Gasteiger partial charge on any atom is -0.549 e. The number of carbonyl (C=O) groups excluding carboxylic acids is 2. The first kappa shape index (κ1) is 21.0. The lowest BCUT2D eigenvalue weighted by Crippen LogP contribution is -2.24. The largest absolute Gasteiger partial charge is 0.549 e. The Morgan fingerprint density at radius 2 is 2.04 bits per heavy atom. The van der Waals surface area contributed by atoms with E-state index in [9.17, 15) is 9.59 Å². The Morgan fingerprint density at radius 3 is 2.58 bits per heavy atom. The number of methoxy groups -OCH3 is 1. The van der Waals surface area contributed by atoms with Crippen molar-refractivity contribution in [3.05, 3.63) is 22.8 Å². The molecule has 0 bridgehead atoms. The number of hydrogen-bond acceptors (Lipinski definition) is 5. The summed E-state index contributed by atoms with van der Waals surface area (Å²) >= 11 is 1.60. The molecule has 6 heteroatoms. The van der Waals surface area contributed by atoms with Crippen molar-refractivity contribution in [1.82, 2.24) is 0 Å². The predicted octanol–water partition coefficient (Wildman–Crippen LogP) is 4.08. The van der Waals surface area contributed by atoms with Crippen LogP contribution in [0.15, 0.2) is 22.8 Å². The van der Waals surface area contributed by atoms with E-state index in [2.05, 4.69) is 38.6 Å². The van der Waals surface area contributed by atoms with Crippen molar-refractivity contribution in [2.24, 2.45) is 11.3 Å². The van der Waals surface area contributed by atoms with Gasteiger partial charge in [0.1, 0.15) is 5.76 Å². The molecule has 1 rings (SSSR count). The van der Waals surface area contributed by atoms with E-state index in [1.165, 1.54) is 13.2 Å². The van der Waals surface area contributed by atoms with Gasteiger partial charge in [0.05, 0.1) is 12.0 Å². The number of ether oxygens (including phenoxy) is 1. The molecular weight excluding hydrogens is 340 g/mol. The van der Waals surface area contributed by atoms with Gasteiger partial charge in [-0.3, -0.25) is 4.79 Å². The van der Waals surface area contributed by atoms with Gasteiger partial charge < -0.3 is 9.16 Å². The Balaban J connectivity index is 2.68. The van der Waals surface area contributed by atoms with E-state index in [0.717, 1.165) is 29.3 Å². The number of hydrogen-bond donors (Lipinski definition) is 0. The van der Waals surface area contributed by atoms with Gasteiger partial charge in [0.15, 0.2) is 5.78 Å². The number of allylic oxidation sites excluding steroid dienone is 3. The molecular formula is C18H30O4SSi. The Hall–Kier alpha value is -1.01. The maximum Gasteiger partial charge on any atom is 0.330 e. The molecule has 24 heavy (non-hydrogen) atoms. The summed E-state index contributed by atoms with van der Waals surface area (Å²) in [5.41, 5.74) is 0.0276. The Bertz CT molecular complexity index is 518. The fourth-order valence-corrected chi connectivity index (χ4v) is 4.50. The molecule has 0 heterocycles. The molecule has 0 N–H and O–H groups in total. The van der Waals surface area contributed by atoms with Crippen LogP contribution in [0.5, 0.6) is 0 Å². The van der Waals surface area contributed by atoms with Crippen LogP contribution >= 0.6 is 11.8 Å². The molecule has 0 amide bonds. The lowest BCUT2D eigenvalue weighted by molar-refractivity contribution is -0.134. The number of esters is 1. The smallest absolute Gasteiger partial charge is 0.330 e. The molecule has 0 radical (unpaired) electrons. The summed E-state index contributed by atoms with van der Waals surface area (Å²) in [6.07, 6.45) is 5.51. The zero-order valence-corrected chi connectivity index (χ0v) is 17.7. The molecule has 136 valence electrons. The van der Waals surface area contributed by atoms with Gasteiger partial charge in [-0.2, -0.15) is 0 Å². The van der Waals surface area contributed by atoms with Gasteiger partial charge in [0, 0.05) is 18.4 Å². The highest BCUT2D eigenvalue weighted by atomic mass is 32.2. The summed E-state index contributed by atoms with van der Waals surface area (Å²) in [4.78, 5) is 24.3. The predicted molar refractivity (Wildman–Crippen MR) is 102 cm³/mol. The molecule has 0 spiro atoms. The number of thioether (sulfide) groups is 1. The van der Waals surface area contributed by atoms with E-state index in [-0.39, 0.29) is 23.1 Å². The summed E-state index contributed by atoms with van der Waals surface area (Å²) in [6.45, 7) is 10.8. The summed E-state index contributed by atoms with van der Waals surface area (Å²) in [5.74, 6) is 1.85. The van der Waals surface area contributed by atoms with Gasteiger partial charge in [-0.05, 0) is 37.1 Å². The molecule has 0 fully saturated rings. The summed E-state index contributed by atoms with van der Waals surface area (Å²) in [7, 11) is 0.114. The number of rotatable bonds is 8. The zero-order valence-electron chi connectivity index (χ0n) is 15.7. The highest BCUT2D eigenvalue weighted by Gasteiger charge is 2.40. The van der Waals surface area contributed by atoms with Crippen LogP contribution in [0, 0.1) is 11.3 Å². The molecule has 1 atom stereocenters. The Kier molecular flexibility index (Phi) is 8.29. The molecule has 0 aromatic carbocycles. The Labute approximate surface area is 151 Å². The van der Waals surface area contributed by atoms with Gasteiger partial charge in [-0.25, -0.2) is 4.79 Å². The maximum absolute atomic E-state index is 12.5. The molecule has 1 aliphatic carbocycles. The lowest BCUT2D eigenvalue weighted by Gasteiger charge is -2.30. The van der Waals surface area contributed by atoms with Crippen LogP contribution in [0.1, 0.15) is 40.0 Å². The molecule has 0 saturated heterocycles. The van der Waals surface area contributed by atoms with Crippen molar-refractivity contribution in [2.45, 2.75) is 53.1 Å². The first-order valence-electron chi connectivity index (χ1n) is 8.48. The van der Waals surface area contributed by atoms with Crippen LogP contribution in [0.4, 0.5) is 0 Å². The summed E-state index contributed by atoms with van der Waals surface area (Å²) < 4.78 is 10.7. The van der Waals surface area contributed by atoms with Crippen LogP contribution in [-0.2, 0) is 18.8 Å². The minimum atomic E-state index is -1.25. The van der Waals surface area contributed by atoms with Crippen molar-refractivity contribution >= 4 is 32.6 Å². The fraction of sp³-hybridized carbons (Fsp3) is 0.667. The maximum atomic E-state index is 12.5. The highest BCUT2D eigenvalue weighted by Crippen LogP contribution is 2.45. The van der Waals surface area contributed by atoms with Crippen LogP contribution in [0.25, 0.3) is 0 Å². The van der Waals surface area contributed by atoms with Crippen molar-refractivity contribution in [2.75, 3.05) is 12.9 Å². The van der Waals surface area contributed by atoms with Gasteiger partial charge in [-0.15, -0.1) is 11.8 Å². The molecule has 4 nitrogen and oxygen atoms in total. The fourth-order valence-electron chi connectivity index (χ4n) is 2.53. The SMILES string of the molecule is COC(=O)C=CCCCSC1=C(O[SiH](C)C)C(C(C)(C)C)CC1=O. The van der Waals surface area contributed by atoms with Gasteiger partial charge in [0.2, 0.25) is 9.04 Å². The third-order valence-corrected chi connectivity index (χ3v) is 5.74. The standard InChI is InChI=1S/C18H30O4SSi/c1-18(2,3)13-12-14(19)17(16(13)22-24(5)6)23-11-9-7-8-10-15(20)21-4/h8,10,13,24H,7,9,11-12H2,1-6H3. The van der Waals surface area contributed by atoms with Crippen molar-refractivity contribution in [1.29, 1.82) is 0 Å². The molecule has 0 aromatic heterocycles. The second-order valence-corrected chi connectivity index (χ2v) is 10.8. The summed E-state index contributed by atoms with van der Waals surface area (Å²) in [5, 5.41) is 0. The Morgan fingerprint density at radius 1 is 1.38 bits per heavy atom. The van der Waals surface area contributed by atoms with E-state index in [1.54, 1.807) is 11.8 Å². The molecule has 0 aromatic rings. The zero-order chi connectivity index (χ0) is 18.3. The molecule has 1 unspecified atom stereocenters. The summed E-state index contributed by atoms with van der Waals surface area (Å²) in [6, 6.07) is 0. The first-order chi connectivity index (χ1) is 11.2. The van der Waals surface area contributed by atoms with Gasteiger partial charge in [-0.1, -0.05) is 26.8 Å². The van der Waals surface area contributed by atoms with Crippen LogP contribution < -0.4 is 0 Å². The number of unbranched alkanes of at least 4 members (excludes halogenated alkanes) is 1. The molecule has 0 saturated carbocycles. The van der Waals surface area contributed by atoms with Gasteiger partial charge >= 0.3 is 5.97 Å². The normalized spacial score (nSPS) is 18.8. The number of carbonyl (C=O) groups is 2. The number of ketones is 1. The van der Waals surface area contributed by atoms with Crippen molar-refractivity contribution < 1.29 is 18.8 Å². The van der Waals surface area contributed by atoms with Crippen molar-refractivity contribution in [3.63, 3.8) is 0 Å². The highest BCUT2D eigenvalue weighted by molar-refractivity contribution is 8.04. The first-order valence-corrected chi connectivity index (χ1v) is 12.2. The monoisotopic (exact) mass is 370 g/mol. The van der Waals surface area contributed by atoms with Crippen molar-refractivity contribution in [3.8, 4) is 0 Å². The van der Waals surface area contributed by atoms with E-state index in [1.807, 2.05) is 6.08 Å². The second kappa shape index (κ2) is 9.46. The van der Waals surface area contributed by atoms with E-state index >= 15 is 0 Å². The van der Waals surface area contributed by atoms with E-state index in [4.69, 9.17) is 4.43 Å². The van der Waals surface area contributed by atoms with E-state index in [0.29, 0.717) is 6.42 Å². The third-order valence-electron chi connectivity index (χ3n) is 3.81. The number of Topliss-reactive ketones (excluding diaryl/α,β-unsaturated/α-hetero) is 1. The average molecular weight is 371 g/mol. The minimum absolute atomic E-state index is 0.0276. The van der Waals surface area contributed by atoms with Crippen LogP contribution in [0.2, 0.25) is 13.1 Å².